The molecule has 0 spiro atoms. The molecule has 7 heteroatoms. The summed E-state index contributed by atoms with van der Waals surface area (Å²) < 4.78 is 11.4. The van der Waals surface area contributed by atoms with E-state index in [0.717, 1.165) is 12.6 Å². The Bertz CT molecular complexity index is 540. The molecule has 2 aliphatic rings. The second-order valence-corrected chi connectivity index (χ2v) is 10.7. The number of nitrogens with one attached hydrogen (secondary N) is 2. The van der Waals surface area contributed by atoms with E-state index in [-0.39, 0.29) is 12.1 Å². The van der Waals surface area contributed by atoms with E-state index < -0.39 is 25.2 Å². The number of amides is 2. The average Bonchev–Trinajstić information content (AvgIpc) is 2.72. The number of hydrogen-bond donors (Lipinski definition) is 3. The SMILES string of the molecule is C=C1NC(=O)NC=C1C1O[C@H](CCP(=C)(C)C)[C@@H](O)[C@H]1OC. The zero-order valence-electron chi connectivity index (χ0n) is 13.3. The first-order valence-electron chi connectivity index (χ1n) is 7.23. The molecule has 2 rings (SSSR count). The van der Waals surface area contributed by atoms with Crippen molar-refractivity contribution in [3.05, 3.63) is 24.0 Å². The fourth-order valence-corrected chi connectivity index (χ4v) is 3.65. The molecule has 2 amide bonds. The summed E-state index contributed by atoms with van der Waals surface area (Å²) in [6.07, 6.45) is 5.45. The highest BCUT2D eigenvalue weighted by Crippen LogP contribution is 2.39. The minimum absolute atomic E-state index is 0.303. The van der Waals surface area contributed by atoms with Crippen LogP contribution in [0.4, 0.5) is 4.79 Å². The van der Waals surface area contributed by atoms with Crippen LogP contribution in [0.1, 0.15) is 6.42 Å². The molecule has 0 radical (unpaired) electrons. The molecule has 0 bridgehead atoms. The number of ether oxygens (including phenoxy) is 2. The van der Waals surface area contributed by atoms with Gasteiger partial charge in [0.25, 0.3) is 0 Å². The second-order valence-electron chi connectivity index (χ2n) is 6.41. The van der Waals surface area contributed by atoms with Crippen molar-refractivity contribution in [1.29, 1.82) is 0 Å². The Kier molecular flexibility index (Phi) is 5.17. The topological polar surface area (TPSA) is 79.8 Å². The Morgan fingerprint density at radius 2 is 2.18 bits per heavy atom. The zero-order valence-corrected chi connectivity index (χ0v) is 14.2. The van der Waals surface area contributed by atoms with Crippen LogP contribution in [0.2, 0.25) is 0 Å². The summed E-state index contributed by atoms with van der Waals surface area (Å²) in [5.41, 5.74) is 1.16. The van der Waals surface area contributed by atoms with E-state index >= 15 is 0 Å². The maximum absolute atomic E-state index is 11.3. The number of carbonyl (C=O) groups excluding carboxylic acids is 1. The van der Waals surface area contributed by atoms with Gasteiger partial charge >= 0.3 is 6.03 Å². The molecule has 22 heavy (non-hydrogen) atoms. The summed E-state index contributed by atoms with van der Waals surface area (Å²) in [6.45, 7) is 6.97. The molecular weight excluding hydrogens is 303 g/mol. The standard InChI is InChI=1S/C15H25N2O4P/c1-9-10(8-16-15(19)17-9)13-14(20-2)12(18)11(21-13)6-7-22(3,4)5/h8,11-14,18H,1,3,6-7H2,2,4-5H3,(H2,16,17,19)/t11-,12-,13?,14-/m1/s1. The number of carbonyl (C=O) groups is 1. The summed E-state index contributed by atoms with van der Waals surface area (Å²) in [4.78, 5) is 11.3. The van der Waals surface area contributed by atoms with Crippen LogP contribution < -0.4 is 10.6 Å². The maximum atomic E-state index is 11.3. The lowest BCUT2D eigenvalue weighted by atomic mass is 9.99. The van der Waals surface area contributed by atoms with E-state index in [2.05, 4.69) is 36.8 Å². The van der Waals surface area contributed by atoms with Gasteiger partial charge in [-0.3, -0.25) is 0 Å². The van der Waals surface area contributed by atoms with E-state index in [0.29, 0.717) is 11.3 Å². The molecule has 124 valence electrons. The summed E-state index contributed by atoms with van der Waals surface area (Å²) in [6, 6.07) is -0.332. The maximum Gasteiger partial charge on any atom is 0.323 e. The molecule has 0 aromatic rings. The van der Waals surface area contributed by atoms with E-state index in [9.17, 15) is 9.90 Å². The number of urea groups is 1. The van der Waals surface area contributed by atoms with Gasteiger partial charge in [0.1, 0.15) is 18.3 Å². The van der Waals surface area contributed by atoms with Crippen molar-refractivity contribution in [1.82, 2.24) is 10.6 Å². The molecule has 4 atom stereocenters. The van der Waals surface area contributed by atoms with E-state index in [1.54, 1.807) is 13.3 Å². The van der Waals surface area contributed by atoms with Gasteiger partial charge in [-0.15, -0.1) is 13.2 Å². The molecule has 0 saturated carbocycles. The van der Waals surface area contributed by atoms with Gasteiger partial charge in [0.15, 0.2) is 0 Å². The van der Waals surface area contributed by atoms with Crippen LogP contribution in [0.5, 0.6) is 0 Å². The van der Waals surface area contributed by atoms with Gasteiger partial charge in [-0.1, -0.05) is 6.58 Å². The minimum atomic E-state index is -1.18. The smallest absolute Gasteiger partial charge is 0.323 e. The minimum Gasteiger partial charge on any atom is -0.388 e. The summed E-state index contributed by atoms with van der Waals surface area (Å²) >= 11 is 0. The average molecular weight is 328 g/mol. The van der Waals surface area contributed by atoms with Gasteiger partial charge in [-0.2, -0.15) is 0 Å². The Balaban J connectivity index is 2.13. The van der Waals surface area contributed by atoms with Crippen LogP contribution in [0, 0.1) is 0 Å². The summed E-state index contributed by atoms with van der Waals surface area (Å²) in [5, 5.41) is 15.6. The first-order valence-corrected chi connectivity index (χ1v) is 10.3. The predicted octanol–water partition coefficient (Wildman–Crippen LogP) is 0.939. The number of aliphatic hydroxyl groups excluding tert-OH is 1. The highest BCUT2D eigenvalue weighted by molar-refractivity contribution is 7.72. The van der Waals surface area contributed by atoms with E-state index in [4.69, 9.17) is 9.47 Å². The molecule has 6 nitrogen and oxygen atoms in total. The van der Waals surface area contributed by atoms with Crippen molar-refractivity contribution in [2.24, 2.45) is 0 Å². The molecule has 1 unspecified atom stereocenters. The Labute approximate surface area is 131 Å². The van der Waals surface area contributed by atoms with Crippen LogP contribution in [-0.4, -0.2) is 68.5 Å². The van der Waals surface area contributed by atoms with Crippen molar-refractivity contribution in [3.8, 4) is 0 Å². The zero-order chi connectivity index (χ0) is 16.5. The van der Waals surface area contributed by atoms with Crippen molar-refractivity contribution >= 4 is 19.2 Å². The fourth-order valence-electron chi connectivity index (χ4n) is 2.70. The molecule has 2 heterocycles. The molecule has 3 N–H and O–H groups in total. The van der Waals surface area contributed by atoms with Gasteiger partial charge in [-0.25, -0.2) is 4.79 Å². The third-order valence-electron chi connectivity index (χ3n) is 3.91. The first-order chi connectivity index (χ1) is 10.2. The monoisotopic (exact) mass is 328 g/mol. The van der Waals surface area contributed by atoms with Gasteiger partial charge in [-0.05, 0) is 25.9 Å². The van der Waals surface area contributed by atoms with Crippen LogP contribution in [0.3, 0.4) is 0 Å². The Morgan fingerprint density at radius 1 is 1.50 bits per heavy atom. The summed E-state index contributed by atoms with van der Waals surface area (Å²) in [5.74, 6) is 0. The van der Waals surface area contributed by atoms with Crippen molar-refractivity contribution in [2.45, 2.75) is 30.8 Å². The van der Waals surface area contributed by atoms with E-state index in [1.165, 1.54) is 0 Å². The third kappa shape index (κ3) is 3.82. The van der Waals surface area contributed by atoms with Crippen molar-refractivity contribution in [3.63, 3.8) is 0 Å². The third-order valence-corrected chi connectivity index (χ3v) is 5.38. The van der Waals surface area contributed by atoms with Crippen LogP contribution in [-0.2, 0) is 9.47 Å². The lowest BCUT2D eigenvalue weighted by molar-refractivity contribution is 0.000153. The van der Waals surface area contributed by atoms with E-state index in [1.807, 2.05) is 0 Å². The molecule has 0 aromatic heterocycles. The normalized spacial score (nSPS) is 32.5. The molecule has 0 aliphatic carbocycles. The molecule has 1 saturated heterocycles. The highest BCUT2D eigenvalue weighted by Gasteiger charge is 2.46. The Hall–Kier alpha value is -1.07. The molecule has 1 fully saturated rings. The summed E-state index contributed by atoms with van der Waals surface area (Å²) in [7, 11) is 1.54. The van der Waals surface area contributed by atoms with Gasteiger partial charge in [0.05, 0.1) is 6.10 Å². The van der Waals surface area contributed by atoms with Gasteiger partial charge in [0.2, 0.25) is 0 Å². The Morgan fingerprint density at radius 3 is 2.73 bits per heavy atom. The lowest BCUT2D eigenvalue weighted by Crippen LogP contribution is -2.42. The highest BCUT2D eigenvalue weighted by atomic mass is 31.2. The lowest BCUT2D eigenvalue weighted by Gasteiger charge is -2.25. The van der Waals surface area contributed by atoms with Crippen LogP contribution >= 0.6 is 6.89 Å². The predicted molar refractivity (Wildman–Crippen MR) is 89.7 cm³/mol. The van der Waals surface area contributed by atoms with Gasteiger partial charge in [0, 0.05) is 24.6 Å². The number of methoxy groups -OCH3 is 1. The number of hydrogen-bond acceptors (Lipinski definition) is 4. The first kappa shape index (κ1) is 17.3. The number of aliphatic hydroxyl groups is 1. The van der Waals surface area contributed by atoms with Gasteiger partial charge < -0.3 is 25.2 Å². The fraction of sp³-hybridized carbons (Fsp3) is 0.600. The quantitative estimate of drug-likeness (QED) is 0.656. The number of rotatable bonds is 5. The van der Waals surface area contributed by atoms with Crippen LogP contribution in [0.25, 0.3) is 0 Å². The van der Waals surface area contributed by atoms with Crippen molar-refractivity contribution < 1.29 is 19.4 Å². The molecular formula is C15H25N2O4P. The molecule has 2 aliphatic heterocycles. The van der Waals surface area contributed by atoms with Crippen LogP contribution in [0.15, 0.2) is 24.0 Å². The second kappa shape index (κ2) is 6.59. The van der Waals surface area contributed by atoms with Crippen molar-refractivity contribution in [2.75, 3.05) is 26.6 Å². The largest absolute Gasteiger partial charge is 0.388 e. The molecule has 0 aromatic carbocycles.